The van der Waals surface area contributed by atoms with Gasteiger partial charge in [-0.15, -0.1) is 0 Å². The molecule has 2 rings (SSSR count). The number of rotatable bonds is 2. The summed E-state index contributed by atoms with van der Waals surface area (Å²) in [5.74, 6) is 0.693. The molecule has 1 fully saturated rings. The van der Waals surface area contributed by atoms with Gasteiger partial charge in [0.2, 0.25) is 0 Å². The molecule has 0 spiro atoms. The summed E-state index contributed by atoms with van der Waals surface area (Å²) < 4.78 is 1.77. The number of aromatic nitrogens is 2. The Morgan fingerprint density at radius 2 is 2.00 bits per heavy atom. The number of piperidine rings is 1. The van der Waals surface area contributed by atoms with E-state index in [0.29, 0.717) is 5.92 Å². The third-order valence-corrected chi connectivity index (χ3v) is 3.96. The lowest BCUT2D eigenvalue weighted by Crippen LogP contribution is -2.40. The Morgan fingerprint density at radius 3 is 2.44 bits per heavy atom. The SMILES string of the molecule is Cc1nn(C)c(C)c1C(=O)N1CCC(CN)CC1. The fourth-order valence-corrected chi connectivity index (χ4v) is 2.61. The van der Waals surface area contributed by atoms with E-state index in [1.165, 1.54) is 0 Å². The first kappa shape index (κ1) is 13.1. The molecule has 18 heavy (non-hydrogen) atoms. The fourth-order valence-electron chi connectivity index (χ4n) is 2.61. The first-order chi connectivity index (χ1) is 8.54. The van der Waals surface area contributed by atoms with Gasteiger partial charge in [0.15, 0.2) is 0 Å². The highest BCUT2D eigenvalue weighted by Crippen LogP contribution is 2.20. The standard InChI is InChI=1S/C13H22N4O/c1-9-12(10(2)16(3)15-9)13(18)17-6-4-11(8-14)5-7-17/h11H,4-8,14H2,1-3H3. The maximum Gasteiger partial charge on any atom is 0.257 e. The minimum atomic E-state index is 0.119. The third kappa shape index (κ3) is 2.27. The molecule has 100 valence electrons. The van der Waals surface area contributed by atoms with Crippen molar-refractivity contribution in [3.63, 3.8) is 0 Å². The van der Waals surface area contributed by atoms with Crippen molar-refractivity contribution >= 4 is 5.91 Å². The van der Waals surface area contributed by atoms with Gasteiger partial charge in [-0.25, -0.2) is 0 Å². The van der Waals surface area contributed by atoms with Gasteiger partial charge in [0.25, 0.3) is 5.91 Å². The molecule has 1 aliphatic heterocycles. The van der Waals surface area contributed by atoms with Crippen LogP contribution >= 0.6 is 0 Å². The zero-order valence-corrected chi connectivity index (χ0v) is 11.4. The topological polar surface area (TPSA) is 64.2 Å². The van der Waals surface area contributed by atoms with Crippen LogP contribution < -0.4 is 5.73 Å². The zero-order chi connectivity index (χ0) is 13.3. The van der Waals surface area contributed by atoms with Crippen molar-refractivity contribution in [1.29, 1.82) is 0 Å². The lowest BCUT2D eigenvalue weighted by atomic mass is 9.96. The van der Waals surface area contributed by atoms with E-state index >= 15 is 0 Å². The van der Waals surface area contributed by atoms with E-state index in [4.69, 9.17) is 5.73 Å². The van der Waals surface area contributed by atoms with Gasteiger partial charge in [-0.1, -0.05) is 0 Å². The molecule has 0 bridgehead atoms. The van der Waals surface area contributed by atoms with Crippen molar-refractivity contribution in [3.8, 4) is 0 Å². The number of nitrogens with two attached hydrogens (primary N) is 1. The Hall–Kier alpha value is -1.36. The van der Waals surface area contributed by atoms with E-state index in [1.54, 1.807) is 4.68 Å². The average Bonchev–Trinajstić information content (AvgIpc) is 2.63. The molecule has 0 unspecified atom stereocenters. The monoisotopic (exact) mass is 250 g/mol. The van der Waals surface area contributed by atoms with Gasteiger partial charge in [-0.2, -0.15) is 5.10 Å². The van der Waals surface area contributed by atoms with Crippen LogP contribution in [0.3, 0.4) is 0 Å². The highest BCUT2D eigenvalue weighted by atomic mass is 16.2. The molecule has 5 heteroatoms. The maximum atomic E-state index is 12.5. The predicted molar refractivity (Wildman–Crippen MR) is 70.4 cm³/mol. The Bertz CT molecular complexity index is 444. The van der Waals surface area contributed by atoms with E-state index in [1.807, 2.05) is 25.8 Å². The fraction of sp³-hybridized carbons (Fsp3) is 0.692. The Morgan fingerprint density at radius 1 is 1.39 bits per heavy atom. The number of nitrogens with zero attached hydrogens (tertiary/aromatic N) is 3. The van der Waals surface area contributed by atoms with Crippen LogP contribution in [0, 0.1) is 19.8 Å². The van der Waals surface area contributed by atoms with E-state index in [9.17, 15) is 4.79 Å². The molecule has 2 heterocycles. The molecular formula is C13H22N4O. The van der Waals surface area contributed by atoms with Crippen LogP contribution in [0.1, 0.15) is 34.6 Å². The van der Waals surface area contributed by atoms with Crippen LogP contribution in [0.15, 0.2) is 0 Å². The highest BCUT2D eigenvalue weighted by molar-refractivity contribution is 5.96. The van der Waals surface area contributed by atoms with Gasteiger partial charge in [0, 0.05) is 25.8 Å². The molecule has 1 aromatic rings. The van der Waals surface area contributed by atoms with Gasteiger partial charge in [-0.3, -0.25) is 9.48 Å². The van der Waals surface area contributed by atoms with Crippen molar-refractivity contribution in [1.82, 2.24) is 14.7 Å². The van der Waals surface area contributed by atoms with Gasteiger partial charge in [0.05, 0.1) is 11.3 Å². The van der Waals surface area contributed by atoms with E-state index < -0.39 is 0 Å². The molecule has 1 aliphatic rings. The first-order valence-electron chi connectivity index (χ1n) is 6.54. The number of hydrogen-bond acceptors (Lipinski definition) is 3. The van der Waals surface area contributed by atoms with Gasteiger partial charge in [-0.05, 0) is 39.2 Å². The summed E-state index contributed by atoms with van der Waals surface area (Å²) in [6.45, 7) is 6.20. The van der Waals surface area contributed by atoms with E-state index in [0.717, 1.165) is 49.4 Å². The minimum Gasteiger partial charge on any atom is -0.339 e. The molecule has 5 nitrogen and oxygen atoms in total. The average molecular weight is 250 g/mol. The molecular weight excluding hydrogens is 228 g/mol. The summed E-state index contributed by atoms with van der Waals surface area (Å²) >= 11 is 0. The van der Waals surface area contributed by atoms with Crippen LogP contribution in [0.25, 0.3) is 0 Å². The minimum absolute atomic E-state index is 0.119. The number of carbonyl (C=O) groups excluding carboxylic acids is 1. The molecule has 0 aliphatic carbocycles. The van der Waals surface area contributed by atoms with Gasteiger partial charge >= 0.3 is 0 Å². The highest BCUT2D eigenvalue weighted by Gasteiger charge is 2.26. The largest absolute Gasteiger partial charge is 0.339 e. The van der Waals surface area contributed by atoms with Crippen LogP contribution in [-0.4, -0.2) is 40.2 Å². The second kappa shape index (κ2) is 5.10. The van der Waals surface area contributed by atoms with Gasteiger partial charge < -0.3 is 10.6 Å². The Labute approximate surface area is 108 Å². The Balaban J connectivity index is 2.13. The van der Waals surface area contributed by atoms with Crippen molar-refractivity contribution in [2.45, 2.75) is 26.7 Å². The number of hydrogen-bond donors (Lipinski definition) is 1. The van der Waals surface area contributed by atoms with Crippen LogP contribution in [-0.2, 0) is 7.05 Å². The number of aryl methyl sites for hydroxylation is 2. The molecule has 1 amide bonds. The predicted octanol–water partition coefficient (Wildman–Crippen LogP) is 0.848. The molecule has 1 saturated heterocycles. The Kier molecular flexibility index (Phi) is 3.71. The van der Waals surface area contributed by atoms with Crippen molar-refractivity contribution < 1.29 is 4.79 Å². The van der Waals surface area contributed by atoms with E-state index in [2.05, 4.69) is 5.10 Å². The first-order valence-corrected chi connectivity index (χ1v) is 6.54. The van der Waals surface area contributed by atoms with Gasteiger partial charge in [0.1, 0.15) is 0 Å². The molecule has 0 saturated carbocycles. The molecule has 0 atom stereocenters. The summed E-state index contributed by atoms with van der Waals surface area (Å²) in [4.78, 5) is 14.4. The summed E-state index contributed by atoms with van der Waals surface area (Å²) in [5.41, 5.74) is 8.20. The second-order valence-electron chi connectivity index (χ2n) is 5.14. The normalized spacial score (nSPS) is 17.2. The number of amides is 1. The van der Waals surface area contributed by atoms with Crippen molar-refractivity contribution in [2.24, 2.45) is 18.7 Å². The summed E-state index contributed by atoms with van der Waals surface area (Å²) in [5, 5.41) is 4.31. The lowest BCUT2D eigenvalue weighted by molar-refractivity contribution is 0.0692. The van der Waals surface area contributed by atoms with Crippen LogP contribution in [0.5, 0.6) is 0 Å². The summed E-state index contributed by atoms with van der Waals surface area (Å²) in [6, 6.07) is 0. The second-order valence-corrected chi connectivity index (χ2v) is 5.14. The third-order valence-electron chi connectivity index (χ3n) is 3.96. The number of carbonyl (C=O) groups is 1. The van der Waals surface area contributed by atoms with Crippen molar-refractivity contribution in [3.05, 3.63) is 17.0 Å². The van der Waals surface area contributed by atoms with E-state index in [-0.39, 0.29) is 5.91 Å². The van der Waals surface area contributed by atoms with Crippen LogP contribution in [0.4, 0.5) is 0 Å². The number of likely N-dealkylation sites (tertiary alicyclic amines) is 1. The summed E-state index contributed by atoms with van der Waals surface area (Å²) in [6.07, 6.45) is 2.03. The quantitative estimate of drug-likeness (QED) is 0.846. The molecule has 0 aromatic carbocycles. The van der Waals surface area contributed by atoms with Crippen LogP contribution in [0.2, 0.25) is 0 Å². The summed E-state index contributed by atoms with van der Waals surface area (Å²) in [7, 11) is 1.87. The zero-order valence-electron chi connectivity index (χ0n) is 11.4. The molecule has 1 aromatic heterocycles. The smallest absolute Gasteiger partial charge is 0.257 e. The molecule has 0 radical (unpaired) electrons. The van der Waals surface area contributed by atoms with Crippen molar-refractivity contribution in [2.75, 3.05) is 19.6 Å². The molecule has 2 N–H and O–H groups in total. The lowest BCUT2D eigenvalue weighted by Gasteiger charge is -2.31. The maximum absolute atomic E-state index is 12.5.